The van der Waals surface area contributed by atoms with Crippen molar-refractivity contribution in [3.8, 4) is 0 Å². The van der Waals surface area contributed by atoms with Crippen LogP contribution in [0.2, 0.25) is 0 Å². The summed E-state index contributed by atoms with van der Waals surface area (Å²) in [4.78, 5) is 119. The molecule has 0 aromatic heterocycles. The van der Waals surface area contributed by atoms with E-state index in [0.717, 1.165) is 70.6 Å². The summed E-state index contributed by atoms with van der Waals surface area (Å²) in [6, 6.07) is -0.0906. The van der Waals surface area contributed by atoms with Gasteiger partial charge in [-0.3, -0.25) is 38.4 Å². The lowest BCUT2D eigenvalue weighted by Crippen LogP contribution is -2.55. The Morgan fingerprint density at radius 2 is 0.761 bits per heavy atom. The first-order valence-electron chi connectivity index (χ1n) is 43.4. The summed E-state index contributed by atoms with van der Waals surface area (Å²) in [5, 5.41) is 101. The van der Waals surface area contributed by atoms with Crippen molar-refractivity contribution in [3.63, 3.8) is 0 Å². The first-order valence-corrected chi connectivity index (χ1v) is 43.4. The highest BCUT2D eigenvalue weighted by Gasteiger charge is 2.45. The van der Waals surface area contributed by atoms with Gasteiger partial charge in [0.15, 0.2) is 18.9 Å². The van der Waals surface area contributed by atoms with E-state index < -0.39 is 129 Å². The number of nitrogens with one attached hydrogen (secondary N) is 4. The van der Waals surface area contributed by atoms with E-state index in [1.165, 1.54) is 0 Å². The molecule has 0 aromatic rings. The van der Waals surface area contributed by atoms with Crippen LogP contribution in [-0.4, -0.2) is 302 Å². The second kappa shape index (κ2) is 61.1. The van der Waals surface area contributed by atoms with Crippen LogP contribution >= 0.6 is 0 Å². The summed E-state index contributed by atoms with van der Waals surface area (Å²) in [6.45, 7) is 6.45. The number of carbonyl (C=O) groups is 9. The SMILES string of the molecule is COC[C@@H]1C[C@H](OC)CN1C(=O)CCCCC(=O)CCC(=O)NC(CCCOC(=O)CCCCCCCNC(=O)CCCOC1OC(CO)C(O)C(O)C1C)(CCCOC(=O)CCCCCCCNC(=O)CCCOC1OC(CO)C(O)C(O)C1C)CCCOC(=O)NCCCCCCCC(=O)CCCOC1OC(CO)C(O)C(O)C1C. The monoisotopic (exact) mass is 1680 g/mol. The Morgan fingerprint density at radius 3 is 1.19 bits per heavy atom. The molecule has 13 N–H and O–H groups in total. The lowest BCUT2D eigenvalue weighted by atomic mass is 9.83. The number of amides is 5. The van der Waals surface area contributed by atoms with Crippen molar-refractivity contribution < 1.29 is 141 Å². The van der Waals surface area contributed by atoms with Crippen LogP contribution in [0.3, 0.4) is 0 Å². The molecule has 34 heteroatoms. The van der Waals surface area contributed by atoms with Crippen molar-refractivity contribution in [2.45, 2.75) is 350 Å². The van der Waals surface area contributed by atoms with Crippen LogP contribution < -0.4 is 21.3 Å². The molecule has 17 atom stereocenters. The van der Waals surface area contributed by atoms with Crippen LogP contribution in [0, 0.1) is 17.8 Å². The van der Waals surface area contributed by atoms with Gasteiger partial charge >= 0.3 is 18.0 Å². The number of ketones is 2. The fraction of sp³-hybridized carbons (Fsp3) is 0.892. The third kappa shape index (κ3) is 41.9. The number of unbranched alkanes of at least 4 members (excludes halogenated alkanes) is 13. The number of hydrogen-bond acceptors (Lipinski definition) is 29. The molecule has 0 bridgehead atoms. The van der Waals surface area contributed by atoms with E-state index in [1.807, 2.05) is 0 Å². The molecule has 0 saturated carbocycles. The van der Waals surface area contributed by atoms with Crippen LogP contribution in [0.4, 0.5) is 4.79 Å². The first kappa shape index (κ1) is 104. The lowest BCUT2D eigenvalue weighted by Gasteiger charge is -2.40. The Bertz CT molecular complexity index is 2550. The van der Waals surface area contributed by atoms with Gasteiger partial charge in [0.25, 0.3) is 0 Å². The van der Waals surface area contributed by atoms with Gasteiger partial charge in [-0.05, 0) is 116 Å². The van der Waals surface area contributed by atoms with E-state index in [2.05, 4.69) is 21.3 Å². The number of esters is 2. The molecular formula is C83H147N5O29. The highest BCUT2D eigenvalue weighted by molar-refractivity contribution is 5.85. The molecule has 0 spiro atoms. The van der Waals surface area contributed by atoms with Crippen LogP contribution in [0.15, 0.2) is 0 Å². The number of ether oxygens (including phenoxy) is 11. The number of carbonyl (C=O) groups excluding carboxylic acids is 9. The number of rotatable bonds is 66. The van der Waals surface area contributed by atoms with E-state index >= 15 is 0 Å². The minimum Gasteiger partial charge on any atom is -0.466 e. The number of alkyl carbamates (subject to hydrolysis) is 1. The number of likely N-dealkylation sites (tertiary alicyclic amines) is 1. The average Bonchev–Trinajstić information content (AvgIpc) is 1.63. The highest BCUT2D eigenvalue weighted by atomic mass is 16.7. The van der Waals surface area contributed by atoms with Crippen LogP contribution in [0.25, 0.3) is 0 Å². The van der Waals surface area contributed by atoms with Gasteiger partial charge in [0.1, 0.15) is 48.2 Å². The van der Waals surface area contributed by atoms with E-state index in [9.17, 15) is 89.1 Å². The van der Waals surface area contributed by atoms with Crippen molar-refractivity contribution in [2.75, 3.05) is 106 Å². The number of methoxy groups -OCH3 is 2. The molecular weight excluding hydrogens is 1530 g/mol. The van der Waals surface area contributed by atoms with Crippen molar-refractivity contribution in [3.05, 3.63) is 0 Å². The zero-order valence-corrected chi connectivity index (χ0v) is 70.5. The fourth-order valence-corrected chi connectivity index (χ4v) is 15.0. The molecule has 4 saturated heterocycles. The highest BCUT2D eigenvalue weighted by Crippen LogP contribution is 2.32. The molecule has 4 rings (SSSR count). The number of aliphatic hydroxyl groups is 9. The van der Waals surface area contributed by atoms with E-state index in [1.54, 1.807) is 39.9 Å². The van der Waals surface area contributed by atoms with E-state index in [-0.39, 0.29) is 144 Å². The van der Waals surface area contributed by atoms with E-state index in [4.69, 9.17) is 52.1 Å². The predicted molar refractivity (Wildman–Crippen MR) is 426 cm³/mol. The molecule has 0 radical (unpaired) electrons. The molecule has 4 aliphatic rings. The van der Waals surface area contributed by atoms with Gasteiger partial charge in [0.2, 0.25) is 23.6 Å². The maximum Gasteiger partial charge on any atom is 0.407 e. The molecule has 4 fully saturated rings. The molecule has 678 valence electrons. The van der Waals surface area contributed by atoms with Gasteiger partial charge in [-0.15, -0.1) is 0 Å². The maximum absolute atomic E-state index is 14.1. The van der Waals surface area contributed by atoms with Gasteiger partial charge in [-0.25, -0.2) is 4.79 Å². The Balaban J connectivity index is 1.26. The zero-order valence-electron chi connectivity index (χ0n) is 70.5. The Labute approximate surface area is 691 Å². The zero-order chi connectivity index (χ0) is 85.8. The molecule has 117 heavy (non-hydrogen) atoms. The molecule has 34 nitrogen and oxygen atoms in total. The predicted octanol–water partition coefficient (Wildman–Crippen LogP) is 4.61. The summed E-state index contributed by atoms with van der Waals surface area (Å²) in [5.41, 5.74) is -0.985. The van der Waals surface area contributed by atoms with Crippen LogP contribution in [-0.2, 0) is 90.5 Å². The van der Waals surface area contributed by atoms with Crippen molar-refractivity contribution in [1.29, 1.82) is 0 Å². The number of Topliss-reactive ketones (excluding diaryl/α,β-unsaturated/α-hetero) is 2. The minimum atomic E-state index is -1.23. The van der Waals surface area contributed by atoms with Gasteiger partial charge < -0.3 is 124 Å². The second-order valence-corrected chi connectivity index (χ2v) is 32.0. The van der Waals surface area contributed by atoms with Crippen molar-refractivity contribution in [2.24, 2.45) is 17.8 Å². The summed E-state index contributed by atoms with van der Waals surface area (Å²) < 4.78 is 61.9. The quantitative estimate of drug-likeness (QED) is 0.0225. The van der Waals surface area contributed by atoms with Crippen molar-refractivity contribution in [1.82, 2.24) is 26.2 Å². The Kier molecular flexibility index (Phi) is 54.4. The van der Waals surface area contributed by atoms with E-state index in [0.29, 0.717) is 148 Å². The average molecular weight is 1680 g/mol. The minimum absolute atomic E-state index is 0.00986. The van der Waals surface area contributed by atoms with Crippen molar-refractivity contribution >= 4 is 53.2 Å². The summed E-state index contributed by atoms with van der Waals surface area (Å²) in [7, 11) is 3.21. The number of hydrogen-bond donors (Lipinski definition) is 13. The molecule has 4 aliphatic heterocycles. The summed E-state index contributed by atoms with van der Waals surface area (Å²) in [6.07, 6.45) is 4.81. The molecule has 0 aliphatic carbocycles. The molecule has 0 aromatic carbocycles. The lowest BCUT2D eigenvalue weighted by molar-refractivity contribution is -0.282. The van der Waals surface area contributed by atoms with Crippen LogP contribution in [0.1, 0.15) is 258 Å². The standard InChI is InChI=1S/C83H147N5O29/c1-57-73(100)76(103)64(53-89)115-79(57)111-45-23-31-61(92)29-15-9-6-14-22-44-86-82(106)114-50-28-41-83(87-69(96)38-37-62(93)30-18-19-34-70(97)88-52-63(108-5)51-60(88)56-107-4,39-26-48-109-71(98)35-16-10-7-12-20-42-84-67(94)32-24-46-112-80-58(2)74(101)77(104)65(54-90)116-80)40-27-49-110-72(99)36-17-11-8-13-21-43-85-68(95)33-25-47-113-81-59(3)75(102)78(105)66(55-91)117-81/h57-60,63-66,73-81,89-91,100-105H,6-56H2,1-5H3,(H,84,94)(H,85,95)(H,86,106)(H,87,96)/t57?,58?,59?,60-,63-,64?,65?,66?,73?,74?,75?,76?,77?,78?,79?,80?,81?,83?/m0/s1. The first-order chi connectivity index (χ1) is 56.3. The molecule has 5 amide bonds. The fourth-order valence-electron chi connectivity index (χ4n) is 15.0. The summed E-state index contributed by atoms with van der Waals surface area (Å²) >= 11 is 0. The largest absolute Gasteiger partial charge is 0.466 e. The third-order valence-corrected chi connectivity index (χ3v) is 22.4. The molecule has 15 unspecified atom stereocenters. The second-order valence-electron chi connectivity index (χ2n) is 32.0. The van der Waals surface area contributed by atoms with Gasteiger partial charge in [0, 0.05) is 128 Å². The maximum atomic E-state index is 14.1. The number of aliphatic hydroxyl groups excluding tert-OH is 9. The van der Waals surface area contributed by atoms with Crippen LogP contribution in [0.5, 0.6) is 0 Å². The summed E-state index contributed by atoms with van der Waals surface area (Å²) in [5.74, 6) is -3.08. The third-order valence-electron chi connectivity index (χ3n) is 22.4. The van der Waals surface area contributed by atoms with Gasteiger partial charge in [-0.1, -0.05) is 78.6 Å². The normalized spacial score (nSPS) is 25.8. The topological polar surface area (TPSA) is 489 Å². The Hall–Kier alpha value is -5.25. The van der Waals surface area contributed by atoms with Gasteiger partial charge in [-0.2, -0.15) is 0 Å². The number of nitrogens with zero attached hydrogens (tertiary/aromatic N) is 1. The Morgan fingerprint density at radius 1 is 0.393 bits per heavy atom. The molecule has 4 heterocycles. The smallest absolute Gasteiger partial charge is 0.407 e. The van der Waals surface area contributed by atoms with Gasteiger partial charge in [0.05, 0.1) is 96.5 Å².